The number of pyridine rings is 1. The molecule has 0 atom stereocenters. The number of rotatable bonds is 28. The lowest BCUT2D eigenvalue weighted by Gasteiger charge is -2.36. The average Bonchev–Trinajstić information content (AvgIpc) is 3.68. The molecule has 0 bridgehead atoms. The Hall–Kier alpha value is -8.92. The van der Waals surface area contributed by atoms with Gasteiger partial charge in [-0.15, -0.1) is 0 Å². The van der Waals surface area contributed by atoms with Crippen LogP contribution in [0.25, 0.3) is 0 Å². The molecule has 20 nitrogen and oxygen atoms in total. The minimum atomic E-state index is -0.979. The van der Waals surface area contributed by atoms with Crippen LogP contribution in [0.1, 0.15) is 69.6 Å². The molecule has 0 spiro atoms. The van der Waals surface area contributed by atoms with E-state index < -0.39 is 17.9 Å². The monoisotopic (exact) mass is 1200 g/mol. The molecule has 4 heterocycles. The predicted octanol–water partition coefficient (Wildman–Crippen LogP) is 8.35. The van der Waals surface area contributed by atoms with Crippen molar-refractivity contribution in [1.29, 1.82) is 0 Å². The third kappa shape index (κ3) is 22.5. The molecule has 462 valence electrons. The lowest BCUT2D eigenvalue weighted by Crippen LogP contribution is -2.47. The number of aromatic nitrogens is 1. The van der Waals surface area contributed by atoms with E-state index in [9.17, 15) is 33.2 Å². The van der Waals surface area contributed by atoms with Crippen LogP contribution in [-0.2, 0) is 14.4 Å². The number of nitrogens with zero attached hydrogens (tertiary/aromatic N) is 7. The van der Waals surface area contributed by atoms with Crippen molar-refractivity contribution >= 4 is 52.5 Å². The molecular weight excluding hydrogens is 1120 g/mol. The molecule has 3 fully saturated rings. The molecule has 3 N–H and O–H groups in total. The fourth-order valence-electron chi connectivity index (χ4n) is 9.88. The molecule has 0 aliphatic carbocycles. The highest BCUT2D eigenvalue weighted by atomic mass is 19.1. The molecule has 3 aliphatic heterocycles. The fourth-order valence-corrected chi connectivity index (χ4v) is 9.88. The minimum Gasteiger partial charge on any atom is -0.497 e. The Morgan fingerprint density at radius 2 is 0.816 bits per heavy atom. The van der Waals surface area contributed by atoms with Crippen molar-refractivity contribution in [3.63, 3.8) is 0 Å². The van der Waals surface area contributed by atoms with E-state index in [1.165, 1.54) is 11.8 Å². The highest BCUT2D eigenvalue weighted by Crippen LogP contribution is 2.24. The van der Waals surface area contributed by atoms with Crippen molar-refractivity contribution in [3.8, 4) is 23.0 Å². The van der Waals surface area contributed by atoms with Crippen LogP contribution in [0.2, 0.25) is 0 Å². The van der Waals surface area contributed by atoms with Crippen molar-refractivity contribution in [3.05, 3.63) is 168 Å². The number of ketones is 3. The summed E-state index contributed by atoms with van der Waals surface area (Å²) in [4.78, 5) is 85.5. The first-order valence-electron chi connectivity index (χ1n) is 29.3. The van der Waals surface area contributed by atoms with Crippen molar-refractivity contribution in [1.82, 2.24) is 19.7 Å². The maximum Gasteiger partial charge on any atom is 0.303 e. The van der Waals surface area contributed by atoms with Crippen molar-refractivity contribution < 1.29 is 67.4 Å². The van der Waals surface area contributed by atoms with Crippen LogP contribution in [0.5, 0.6) is 23.0 Å². The van der Waals surface area contributed by atoms with E-state index in [1.807, 2.05) is 48.7 Å². The van der Waals surface area contributed by atoms with Gasteiger partial charge in [0.25, 0.3) is 0 Å². The fraction of sp³-hybridized carbons (Fsp3) is 0.379. The molecule has 0 radical (unpaired) electrons. The topological polar surface area (TPSA) is 232 Å². The summed E-state index contributed by atoms with van der Waals surface area (Å²) in [5.41, 5.74) is 3.35. The summed E-state index contributed by atoms with van der Waals surface area (Å²) in [6.07, 6.45) is 1.38. The van der Waals surface area contributed by atoms with E-state index in [2.05, 4.69) is 46.5 Å². The van der Waals surface area contributed by atoms with Crippen LogP contribution in [0.3, 0.4) is 0 Å². The maximum atomic E-state index is 13.9. The number of halogens is 1. The first kappa shape index (κ1) is 65.6. The first-order valence-corrected chi connectivity index (χ1v) is 29.3. The summed E-state index contributed by atoms with van der Waals surface area (Å²) >= 11 is 0. The van der Waals surface area contributed by atoms with Crippen LogP contribution in [0.15, 0.2) is 146 Å². The van der Waals surface area contributed by atoms with Gasteiger partial charge in [0.1, 0.15) is 54.5 Å². The van der Waals surface area contributed by atoms with Crippen LogP contribution >= 0.6 is 0 Å². The van der Waals surface area contributed by atoms with Gasteiger partial charge in [-0.05, 0) is 109 Å². The van der Waals surface area contributed by atoms with E-state index in [0.29, 0.717) is 59.4 Å². The lowest BCUT2D eigenvalue weighted by atomic mass is 10.1. The molecule has 1 aromatic heterocycles. The van der Waals surface area contributed by atoms with Gasteiger partial charge in [0.15, 0.2) is 17.3 Å². The minimum absolute atomic E-state index is 0.00556. The number of carbonyl (C=O) groups excluding carboxylic acids is 3. The van der Waals surface area contributed by atoms with Gasteiger partial charge in [-0.25, -0.2) is 9.37 Å². The number of carbonyl (C=O) groups is 6. The third-order valence-corrected chi connectivity index (χ3v) is 15.0. The van der Waals surface area contributed by atoms with Gasteiger partial charge >= 0.3 is 17.9 Å². The van der Waals surface area contributed by atoms with Crippen molar-refractivity contribution in [2.24, 2.45) is 0 Å². The normalized spacial score (nSPS) is 14.5. The Morgan fingerprint density at radius 3 is 1.20 bits per heavy atom. The Kier molecular flexibility index (Phi) is 26.3. The number of carboxylic acid groups (broad SMARTS) is 3. The molecule has 0 amide bonds. The van der Waals surface area contributed by atoms with Crippen LogP contribution in [0, 0.1) is 5.82 Å². The molecule has 6 aromatic rings. The van der Waals surface area contributed by atoms with Crippen LogP contribution < -0.4 is 33.6 Å². The summed E-state index contributed by atoms with van der Waals surface area (Å²) in [6.45, 7) is 15.0. The maximum absolute atomic E-state index is 13.9. The molecule has 0 unspecified atom stereocenters. The summed E-state index contributed by atoms with van der Waals surface area (Å²) in [5.74, 6) is 0.370. The van der Waals surface area contributed by atoms with Gasteiger partial charge in [-0.3, -0.25) is 43.5 Å². The number of methoxy groups -OCH3 is 1. The summed E-state index contributed by atoms with van der Waals surface area (Å²) in [5, 5.41) is 26.0. The van der Waals surface area contributed by atoms with Gasteiger partial charge < -0.3 is 49.0 Å². The molecular formula is C66H78FN7O13. The van der Waals surface area contributed by atoms with Gasteiger partial charge in [-0.2, -0.15) is 0 Å². The summed E-state index contributed by atoms with van der Waals surface area (Å²) < 4.78 is 36.5. The van der Waals surface area contributed by atoms with Gasteiger partial charge in [0.2, 0.25) is 0 Å². The largest absolute Gasteiger partial charge is 0.497 e. The number of carboxylic acids is 3. The number of ether oxygens (including phenoxy) is 4. The smallest absolute Gasteiger partial charge is 0.303 e. The molecule has 3 saturated heterocycles. The predicted molar refractivity (Wildman–Crippen MR) is 329 cm³/mol. The first-order chi connectivity index (χ1) is 42.2. The highest BCUT2D eigenvalue weighted by molar-refractivity contribution is 5.98. The Morgan fingerprint density at radius 1 is 0.425 bits per heavy atom. The number of piperazine rings is 3. The standard InChI is InChI=1S/C23H28N2O5.C22H25FN2O4.C21H25N3O4/c1-29-21-4-2-3-19(17-21)25-13-11-24(12-14-25)15-16-30-20-7-5-18(6-8-20)22(26)9-10-23(27)28;23-19-3-1-2-4-20(19)25-13-11-24(12-14-25)15-16-29-18-7-5-17(6-8-18)21(26)9-10-22(27)28;25-19(8-9-21(26)27)17-4-6-18(7-5-17)28-16-15-23-11-13-24(14-12-23)20-3-1-2-10-22-20/h2-8,17H,9-16H2,1H3,(H,27,28);1-8H,9-16H2,(H,27,28);1-7,10H,8-9,11-16H2,(H,26,27). The van der Waals surface area contributed by atoms with Gasteiger partial charge in [0, 0.05) is 152 Å². The zero-order valence-electron chi connectivity index (χ0n) is 49.3. The Balaban J connectivity index is 0.000000187. The van der Waals surface area contributed by atoms with Crippen LogP contribution in [-0.4, -0.2) is 195 Å². The summed E-state index contributed by atoms with van der Waals surface area (Å²) in [6, 6.07) is 41.5. The molecule has 0 saturated carbocycles. The van der Waals surface area contributed by atoms with Gasteiger partial charge in [0.05, 0.1) is 32.1 Å². The third-order valence-electron chi connectivity index (χ3n) is 15.0. The van der Waals surface area contributed by atoms with Crippen molar-refractivity contribution in [2.75, 3.05) is 140 Å². The number of Topliss-reactive ketones (excluding diaryl/α,β-unsaturated/α-hetero) is 3. The highest BCUT2D eigenvalue weighted by Gasteiger charge is 2.22. The van der Waals surface area contributed by atoms with Gasteiger partial charge in [-0.1, -0.05) is 24.3 Å². The number of aliphatic carboxylic acids is 3. The molecule has 9 rings (SSSR count). The van der Waals surface area contributed by atoms with Crippen LogP contribution in [0.4, 0.5) is 21.6 Å². The SMILES string of the molecule is COc1cccc(N2CCN(CCOc3ccc(C(=O)CCC(=O)O)cc3)CC2)c1.O=C(O)CCC(=O)c1ccc(OCCN2CCN(c3ccccc3F)CC2)cc1.O=C(O)CCC(=O)c1ccc(OCCN2CCN(c3ccccn3)CC2)cc1. The lowest BCUT2D eigenvalue weighted by molar-refractivity contribution is -0.137. The molecule has 5 aromatic carbocycles. The number of anilines is 3. The second-order valence-corrected chi connectivity index (χ2v) is 20.9. The second kappa shape index (κ2) is 34.9. The molecule has 3 aliphatic rings. The zero-order chi connectivity index (χ0) is 61.8. The molecule has 21 heteroatoms. The number of hydrogen-bond acceptors (Lipinski definition) is 17. The Labute approximate surface area is 507 Å². The van der Waals surface area contributed by atoms with E-state index in [-0.39, 0.29) is 61.7 Å². The second-order valence-electron chi connectivity index (χ2n) is 20.9. The van der Waals surface area contributed by atoms with E-state index in [1.54, 1.807) is 86.0 Å². The molecule has 87 heavy (non-hydrogen) atoms. The number of benzene rings is 5. The van der Waals surface area contributed by atoms with Crippen molar-refractivity contribution in [2.45, 2.75) is 38.5 Å². The number of hydrogen-bond donors (Lipinski definition) is 3. The quantitative estimate of drug-likeness (QED) is 0.0392. The zero-order valence-corrected chi connectivity index (χ0v) is 49.3. The van der Waals surface area contributed by atoms with E-state index >= 15 is 0 Å². The summed E-state index contributed by atoms with van der Waals surface area (Å²) in [7, 11) is 1.68. The average molecular weight is 1200 g/mol. The Bertz CT molecular complexity index is 3120. The van der Waals surface area contributed by atoms with E-state index in [4.69, 9.17) is 34.3 Å². The number of para-hydroxylation sites is 1. The van der Waals surface area contributed by atoms with E-state index in [0.717, 1.165) is 110 Å².